The monoisotopic (exact) mass is 470 g/mol. The molecule has 32 heavy (non-hydrogen) atoms. The summed E-state index contributed by atoms with van der Waals surface area (Å²) in [6, 6.07) is 8.88. The predicted octanol–water partition coefficient (Wildman–Crippen LogP) is 3.93. The van der Waals surface area contributed by atoms with Gasteiger partial charge in [0.15, 0.2) is 0 Å². The van der Waals surface area contributed by atoms with Gasteiger partial charge in [-0.2, -0.15) is 10.4 Å². The molecule has 3 rings (SSSR count). The number of aromatic nitrogens is 2. The zero-order valence-corrected chi connectivity index (χ0v) is 19.1. The van der Waals surface area contributed by atoms with Crippen molar-refractivity contribution in [1.82, 2.24) is 9.78 Å². The lowest BCUT2D eigenvalue weighted by molar-refractivity contribution is -0.117. The van der Waals surface area contributed by atoms with Gasteiger partial charge in [0.1, 0.15) is 28.7 Å². The second-order valence-corrected chi connectivity index (χ2v) is 8.05. The number of esters is 1. The number of carbonyl (C=O) groups excluding carboxylic acids is 2. The largest absolute Gasteiger partial charge is 0.462 e. The zero-order chi connectivity index (χ0) is 23.4. The van der Waals surface area contributed by atoms with Crippen molar-refractivity contribution in [3.05, 3.63) is 67.4 Å². The van der Waals surface area contributed by atoms with Gasteiger partial charge >= 0.3 is 5.97 Å². The van der Waals surface area contributed by atoms with Crippen LogP contribution < -0.4 is 10.9 Å². The van der Waals surface area contributed by atoms with Crippen LogP contribution in [0.1, 0.15) is 34.1 Å². The standard InChI is InChI=1S/C22H19ClN4O4S/c1-4-31-22(30)19-16(14-7-5-6-8-17(14)23)11-32-20(19)25-18(28)10-27-21(29)15(9-24)12(2)13(3)26-27/h5-8,11H,4,10H2,1-3H3,(H,25,28). The highest BCUT2D eigenvalue weighted by molar-refractivity contribution is 7.15. The van der Waals surface area contributed by atoms with Crippen LogP contribution in [-0.4, -0.2) is 28.3 Å². The van der Waals surface area contributed by atoms with Crippen LogP contribution in [0, 0.1) is 25.2 Å². The van der Waals surface area contributed by atoms with Crippen molar-refractivity contribution in [3.63, 3.8) is 0 Å². The average molecular weight is 471 g/mol. The first-order valence-corrected chi connectivity index (χ1v) is 10.9. The number of hydrogen-bond acceptors (Lipinski definition) is 7. The van der Waals surface area contributed by atoms with Crippen molar-refractivity contribution in [3.8, 4) is 17.2 Å². The third-order valence-electron chi connectivity index (χ3n) is 4.73. The van der Waals surface area contributed by atoms with E-state index in [0.717, 1.165) is 16.0 Å². The van der Waals surface area contributed by atoms with Gasteiger partial charge in [-0.1, -0.05) is 29.8 Å². The first-order chi connectivity index (χ1) is 15.3. The number of benzene rings is 1. The number of nitrogens with one attached hydrogen (secondary N) is 1. The maximum Gasteiger partial charge on any atom is 0.341 e. The molecule has 0 fully saturated rings. The SMILES string of the molecule is CCOC(=O)c1c(-c2ccccc2Cl)csc1NC(=O)Cn1nc(C)c(C)c(C#N)c1=O. The number of aryl methyl sites for hydroxylation is 1. The lowest BCUT2D eigenvalue weighted by Crippen LogP contribution is -2.32. The van der Waals surface area contributed by atoms with Crippen LogP contribution in [0.15, 0.2) is 34.4 Å². The lowest BCUT2D eigenvalue weighted by atomic mass is 10.0. The second kappa shape index (κ2) is 9.77. The number of halogens is 1. The molecule has 1 amide bonds. The fraction of sp³-hybridized carbons (Fsp3) is 0.227. The second-order valence-electron chi connectivity index (χ2n) is 6.76. The Hall–Kier alpha value is -3.48. The van der Waals surface area contributed by atoms with Gasteiger partial charge in [-0.25, -0.2) is 9.48 Å². The molecule has 1 N–H and O–H groups in total. The van der Waals surface area contributed by atoms with E-state index in [1.165, 1.54) is 0 Å². The van der Waals surface area contributed by atoms with Gasteiger partial charge in [-0.15, -0.1) is 11.3 Å². The van der Waals surface area contributed by atoms with Crippen molar-refractivity contribution in [2.45, 2.75) is 27.3 Å². The van der Waals surface area contributed by atoms with Crippen LogP contribution in [-0.2, 0) is 16.1 Å². The molecule has 0 atom stereocenters. The van der Waals surface area contributed by atoms with Gasteiger partial charge in [-0.3, -0.25) is 9.59 Å². The number of hydrogen-bond donors (Lipinski definition) is 1. The summed E-state index contributed by atoms with van der Waals surface area (Å²) in [4.78, 5) is 37.8. The summed E-state index contributed by atoms with van der Waals surface area (Å²) in [6.07, 6.45) is 0. The van der Waals surface area contributed by atoms with E-state index in [-0.39, 0.29) is 22.7 Å². The molecule has 0 saturated heterocycles. The van der Waals surface area contributed by atoms with E-state index < -0.39 is 24.0 Å². The number of anilines is 1. The highest BCUT2D eigenvalue weighted by atomic mass is 35.5. The molecule has 0 spiro atoms. The summed E-state index contributed by atoms with van der Waals surface area (Å²) >= 11 is 7.44. The van der Waals surface area contributed by atoms with Crippen molar-refractivity contribution in [2.24, 2.45) is 0 Å². The van der Waals surface area contributed by atoms with Crippen molar-refractivity contribution in [2.75, 3.05) is 11.9 Å². The van der Waals surface area contributed by atoms with Gasteiger partial charge in [0.05, 0.1) is 12.3 Å². The van der Waals surface area contributed by atoms with E-state index in [1.54, 1.807) is 50.4 Å². The van der Waals surface area contributed by atoms with Crippen molar-refractivity contribution >= 4 is 39.8 Å². The van der Waals surface area contributed by atoms with E-state index in [2.05, 4.69) is 10.4 Å². The Morgan fingerprint density at radius 1 is 1.28 bits per heavy atom. The lowest BCUT2D eigenvalue weighted by Gasteiger charge is -2.11. The van der Waals surface area contributed by atoms with Crippen LogP contribution >= 0.6 is 22.9 Å². The summed E-state index contributed by atoms with van der Waals surface area (Å²) in [7, 11) is 0. The molecule has 0 saturated carbocycles. The third kappa shape index (κ3) is 4.56. The van der Waals surface area contributed by atoms with E-state index >= 15 is 0 Å². The topological polar surface area (TPSA) is 114 Å². The first-order valence-electron chi connectivity index (χ1n) is 9.60. The van der Waals surface area contributed by atoms with Crippen LogP contribution in [0.4, 0.5) is 5.00 Å². The summed E-state index contributed by atoms with van der Waals surface area (Å²) in [5.41, 5.74) is 1.56. The van der Waals surface area contributed by atoms with Crippen molar-refractivity contribution < 1.29 is 14.3 Å². The molecule has 0 radical (unpaired) electrons. The van der Waals surface area contributed by atoms with Crippen LogP contribution in [0.25, 0.3) is 11.1 Å². The minimum Gasteiger partial charge on any atom is -0.462 e. The molecule has 0 aliphatic heterocycles. The normalized spacial score (nSPS) is 10.5. The molecule has 2 aromatic heterocycles. The summed E-state index contributed by atoms with van der Waals surface area (Å²) in [5, 5.41) is 18.4. The maximum atomic E-state index is 12.7. The molecule has 0 aliphatic carbocycles. The van der Waals surface area contributed by atoms with Crippen LogP contribution in [0.5, 0.6) is 0 Å². The van der Waals surface area contributed by atoms with Gasteiger partial charge in [0.2, 0.25) is 5.91 Å². The summed E-state index contributed by atoms with van der Waals surface area (Å²) in [5.74, 6) is -1.18. The maximum absolute atomic E-state index is 12.7. The minimum atomic E-state index is -0.653. The Balaban J connectivity index is 1.96. The number of thiophene rings is 1. The van der Waals surface area contributed by atoms with E-state index in [9.17, 15) is 19.6 Å². The van der Waals surface area contributed by atoms with E-state index in [1.807, 2.05) is 6.07 Å². The molecular formula is C22H19ClN4O4S. The highest BCUT2D eigenvalue weighted by Crippen LogP contribution is 2.39. The first kappa shape index (κ1) is 23.2. The Morgan fingerprint density at radius 3 is 2.66 bits per heavy atom. The fourth-order valence-corrected chi connectivity index (χ4v) is 4.25. The molecule has 8 nitrogen and oxygen atoms in total. The molecule has 2 heterocycles. The zero-order valence-electron chi connectivity index (χ0n) is 17.6. The van der Waals surface area contributed by atoms with E-state index in [4.69, 9.17) is 16.3 Å². The summed E-state index contributed by atoms with van der Waals surface area (Å²) in [6.45, 7) is 4.69. The molecular weight excluding hydrogens is 452 g/mol. The Kier molecular flexibility index (Phi) is 7.08. The molecule has 1 aromatic carbocycles. The van der Waals surface area contributed by atoms with Gasteiger partial charge in [-0.05, 0) is 32.4 Å². The molecule has 0 aliphatic rings. The number of carbonyl (C=O) groups is 2. The number of nitriles is 1. The molecule has 10 heteroatoms. The number of amides is 1. The average Bonchev–Trinajstić information content (AvgIpc) is 3.16. The Morgan fingerprint density at radius 2 is 2.00 bits per heavy atom. The van der Waals surface area contributed by atoms with Crippen LogP contribution in [0.3, 0.4) is 0 Å². The minimum absolute atomic E-state index is 0.0605. The van der Waals surface area contributed by atoms with E-state index in [0.29, 0.717) is 27.4 Å². The fourth-order valence-electron chi connectivity index (χ4n) is 3.05. The number of rotatable bonds is 6. The molecule has 0 bridgehead atoms. The molecule has 164 valence electrons. The van der Waals surface area contributed by atoms with Crippen LogP contribution in [0.2, 0.25) is 5.02 Å². The van der Waals surface area contributed by atoms with Gasteiger partial charge in [0.25, 0.3) is 5.56 Å². The number of ether oxygens (including phenoxy) is 1. The highest BCUT2D eigenvalue weighted by Gasteiger charge is 2.24. The molecule has 3 aromatic rings. The van der Waals surface area contributed by atoms with Gasteiger partial charge in [0, 0.05) is 21.5 Å². The Labute approximate surface area is 193 Å². The number of nitrogens with zero attached hydrogens (tertiary/aromatic N) is 3. The molecule has 0 unspecified atom stereocenters. The quantitative estimate of drug-likeness (QED) is 0.546. The van der Waals surface area contributed by atoms with Crippen molar-refractivity contribution in [1.29, 1.82) is 5.26 Å². The smallest absolute Gasteiger partial charge is 0.341 e. The third-order valence-corrected chi connectivity index (χ3v) is 5.95. The predicted molar refractivity (Wildman–Crippen MR) is 122 cm³/mol. The summed E-state index contributed by atoms with van der Waals surface area (Å²) < 4.78 is 6.11. The van der Waals surface area contributed by atoms with Gasteiger partial charge < -0.3 is 10.1 Å². The Bertz CT molecular complexity index is 1310.